The average Bonchev–Trinajstić information content (AvgIpc) is 2.38. The summed E-state index contributed by atoms with van der Waals surface area (Å²) >= 11 is 0. The van der Waals surface area contributed by atoms with Gasteiger partial charge in [0, 0.05) is 12.4 Å². The third kappa shape index (κ3) is 3.17. The van der Waals surface area contributed by atoms with Gasteiger partial charge in [-0.15, -0.1) is 10.2 Å². The molecular formula is C13H14N4. The number of nitrogens with zero attached hydrogens (tertiary/aromatic N) is 4. The normalized spacial score (nSPS) is 11.2. The van der Waals surface area contributed by atoms with E-state index in [0.717, 1.165) is 5.69 Å². The fourth-order valence-corrected chi connectivity index (χ4v) is 1.37. The third-order valence-corrected chi connectivity index (χ3v) is 2.37. The van der Waals surface area contributed by atoms with Crippen molar-refractivity contribution in [3.05, 3.63) is 48.3 Å². The van der Waals surface area contributed by atoms with Gasteiger partial charge in [-0.3, -0.25) is 0 Å². The first kappa shape index (κ1) is 11.4. The minimum atomic E-state index is 0.375. The molecule has 0 saturated heterocycles. The highest BCUT2D eigenvalue weighted by Crippen LogP contribution is 2.20. The highest BCUT2D eigenvalue weighted by molar-refractivity contribution is 5.39. The van der Waals surface area contributed by atoms with Crippen LogP contribution in [0, 0.1) is 0 Å². The zero-order valence-electron chi connectivity index (χ0n) is 9.91. The lowest BCUT2D eigenvalue weighted by molar-refractivity contribution is 0.866. The SMILES string of the molecule is CC(C)c1ccc(N=Nc2ncccn2)cc1. The van der Waals surface area contributed by atoms with Crippen LogP contribution in [0.2, 0.25) is 0 Å². The van der Waals surface area contributed by atoms with Crippen molar-refractivity contribution in [3.63, 3.8) is 0 Å². The van der Waals surface area contributed by atoms with E-state index < -0.39 is 0 Å². The molecule has 0 aliphatic rings. The van der Waals surface area contributed by atoms with Crippen LogP contribution in [0.1, 0.15) is 25.3 Å². The number of benzene rings is 1. The van der Waals surface area contributed by atoms with E-state index in [1.54, 1.807) is 18.5 Å². The van der Waals surface area contributed by atoms with Crippen LogP contribution >= 0.6 is 0 Å². The Morgan fingerprint density at radius 2 is 1.59 bits per heavy atom. The number of rotatable bonds is 3. The molecule has 1 heterocycles. The van der Waals surface area contributed by atoms with E-state index in [4.69, 9.17) is 0 Å². The lowest BCUT2D eigenvalue weighted by atomic mass is 10.0. The lowest BCUT2D eigenvalue weighted by Gasteiger charge is -2.03. The molecule has 0 saturated carbocycles. The maximum atomic E-state index is 4.08. The van der Waals surface area contributed by atoms with Gasteiger partial charge in [-0.2, -0.15) is 0 Å². The van der Waals surface area contributed by atoms with E-state index in [1.165, 1.54) is 5.56 Å². The second-order valence-corrected chi connectivity index (χ2v) is 4.00. The minimum absolute atomic E-state index is 0.375. The smallest absolute Gasteiger partial charge is 0.218 e. The Bertz CT molecular complexity index is 489. The molecule has 0 bridgehead atoms. The van der Waals surface area contributed by atoms with Crippen molar-refractivity contribution in [3.8, 4) is 0 Å². The highest BCUT2D eigenvalue weighted by atomic mass is 15.2. The summed E-state index contributed by atoms with van der Waals surface area (Å²) in [5, 5.41) is 8.03. The zero-order valence-corrected chi connectivity index (χ0v) is 9.91. The Morgan fingerprint density at radius 1 is 0.941 bits per heavy atom. The molecule has 0 aliphatic heterocycles. The van der Waals surface area contributed by atoms with Gasteiger partial charge in [0.2, 0.25) is 0 Å². The van der Waals surface area contributed by atoms with Gasteiger partial charge < -0.3 is 0 Å². The predicted molar refractivity (Wildman–Crippen MR) is 66.7 cm³/mol. The van der Waals surface area contributed by atoms with Gasteiger partial charge in [0.15, 0.2) is 0 Å². The molecule has 0 amide bonds. The standard InChI is InChI=1S/C13H14N4/c1-10(2)11-4-6-12(7-5-11)16-17-13-14-8-3-9-15-13/h3-10H,1-2H3. The number of azo groups is 1. The summed E-state index contributed by atoms with van der Waals surface area (Å²) in [6.45, 7) is 4.32. The van der Waals surface area contributed by atoms with E-state index in [-0.39, 0.29) is 0 Å². The van der Waals surface area contributed by atoms with Crippen molar-refractivity contribution >= 4 is 11.6 Å². The summed E-state index contributed by atoms with van der Waals surface area (Å²) < 4.78 is 0. The Hall–Kier alpha value is -2.10. The van der Waals surface area contributed by atoms with Crippen LogP contribution in [0.5, 0.6) is 0 Å². The summed E-state index contributed by atoms with van der Waals surface area (Å²) in [4.78, 5) is 7.94. The minimum Gasteiger partial charge on any atom is -0.218 e. The van der Waals surface area contributed by atoms with Crippen LogP contribution in [0.3, 0.4) is 0 Å². The largest absolute Gasteiger partial charge is 0.268 e. The van der Waals surface area contributed by atoms with Crippen molar-refractivity contribution < 1.29 is 0 Å². The van der Waals surface area contributed by atoms with Crippen molar-refractivity contribution in [2.75, 3.05) is 0 Å². The van der Waals surface area contributed by atoms with Crippen LogP contribution in [0.25, 0.3) is 0 Å². The molecule has 0 unspecified atom stereocenters. The van der Waals surface area contributed by atoms with Gasteiger partial charge in [-0.05, 0) is 29.7 Å². The lowest BCUT2D eigenvalue weighted by Crippen LogP contribution is -1.84. The topological polar surface area (TPSA) is 50.5 Å². The maximum Gasteiger partial charge on any atom is 0.268 e. The summed E-state index contributed by atoms with van der Waals surface area (Å²) in [5.74, 6) is 0.902. The van der Waals surface area contributed by atoms with Gasteiger partial charge in [-0.25, -0.2) is 9.97 Å². The van der Waals surface area contributed by atoms with Crippen molar-refractivity contribution in [2.45, 2.75) is 19.8 Å². The van der Waals surface area contributed by atoms with Gasteiger partial charge >= 0.3 is 0 Å². The molecule has 2 aromatic rings. The number of hydrogen-bond acceptors (Lipinski definition) is 4. The van der Waals surface area contributed by atoms with Crippen LogP contribution in [0.15, 0.2) is 53.0 Å². The molecule has 0 fully saturated rings. The Balaban J connectivity index is 2.12. The Morgan fingerprint density at radius 3 is 2.18 bits per heavy atom. The van der Waals surface area contributed by atoms with Crippen LogP contribution in [0.4, 0.5) is 11.6 Å². The molecule has 0 spiro atoms. The second kappa shape index (κ2) is 5.30. The molecule has 86 valence electrons. The van der Waals surface area contributed by atoms with Crippen molar-refractivity contribution in [2.24, 2.45) is 10.2 Å². The number of aromatic nitrogens is 2. The van der Waals surface area contributed by atoms with Gasteiger partial charge in [0.05, 0.1) is 5.69 Å². The number of hydrogen-bond donors (Lipinski definition) is 0. The van der Waals surface area contributed by atoms with Crippen LogP contribution < -0.4 is 0 Å². The van der Waals surface area contributed by atoms with Gasteiger partial charge in [0.25, 0.3) is 5.95 Å². The van der Waals surface area contributed by atoms with Gasteiger partial charge in [0.1, 0.15) is 0 Å². The van der Waals surface area contributed by atoms with E-state index in [9.17, 15) is 0 Å². The third-order valence-electron chi connectivity index (χ3n) is 2.37. The molecule has 17 heavy (non-hydrogen) atoms. The first-order valence-electron chi connectivity index (χ1n) is 5.54. The quantitative estimate of drug-likeness (QED) is 0.742. The van der Waals surface area contributed by atoms with E-state index in [1.807, 2.05) is 12.1 Å². The highest BCUT2D eigenvalue weighted by Gasteiger charge is 1.98. The molecular weight excluding hydrogens is 212 g/mol. The first-order chi connectivity index (χ1) is 8.25. The molecule has 2 rings (SSSR count). The van der Waals surface area contributed by atoms with E-state index in [0.29, 0.717) is 11.9 Å². The Labute approximate surface area is 100 Å². The van der Waals surface area contributed by atoms with Crippen LogP contribution in [-0.2, 0) is 0 Å². The Kier molecular flexibility index (Phi) is 3.55. The zero-order chi connectivity index (χ0) is 12.1. The average molecular weight is 226 g/mol. The monoisotopic (exact) mass is 226 g/mol. The molecule has 0 N–H and O–H groups in total. The maximum absolute atomic E-state index is 4.08. The second-order valence-electron chi connectivity index (χ2n) is 4.00. The fourth-order valence-electron chi connectivity index (χ4n) is 1.37. The fraction of sp³-hybridized carbons (Fsp3) is 0.231. The van der Waals surface area contributed by atoms with Crippen molar-refractivity contribution in [1.82, 2.24) is 9.97 Å². The molecule has 0 radical (unpaired) electrons. The summed E-state index contributed by atoms with van der Waals surface area (Å²) in [7, 11) is 0. The van der Waals surface area contributed by atoms with Crippen LogP contribution in [-0.4, -0.2) is 9.97 Å². The molecule has 1 aromatic carbocycles. The van der Waals surface area contributed by atoms with E-state index in [2.05, 4.69) is 46.2 Å². The molecule has 0 atom stereocenters. The predicted octanol–water partition coefficient (Wildman–Crippen LogP) is 4.02. The molecule has 1 aromatic heterocycles. The summed E-state index contributed by atoms with van der Waals surface area (Å²) in [5.41, 5.74) is 2.10. The first-order valence-corrected chi connectivity index (χ1v) is 5.54. The summed E-state index contributed by atoms with van der Waals surface area (Å²) in [6, 6.07) is 9.76. The van der Waals surface area contributed by atoms with Crippen molar-refractivity contribution in [1.29, 1.82) is 0 Å². The summed E-state index contributed by atoms with van der Waals surface area (Å²) in [6.07, 6.45) is 3.28. The molecule has 4 nitrogen and oxygen atoms in total. The molecule has 4 heteroatoms. The van der Waals surface area contributed by atoms with Gasteiger partial charge in [-0.1, -0.05) is 26.0 Å². The van der Waals surface area contributed by atoms with E-state index >= 15 is 0 Å². The molecule has 0 aliphatic carbocycles.